The molecule has 4 heteroatoms. The number of aromatic amines is 1. The molecule has 0 fully saturated rings. The second-order valence-corrected chi connectivity index (χ2v) is 5.46. The Kier molecular flexibility index (Phi) is 5.05. The number of carbonyl (C=O) groups is 1. The van der Waals surface area contributed by atoms with Gasteiger partial charge in [-0.05, 0) is 36.8 Å². The molecule has 4 nitrogen and oxygen atoms in total. The number of hydrogen-bond acceptors (Lipinski definition) is 2. The van der Waals surface area contributed by atoms with Crippen molar-refractivity contribution < 1.29 is 4.79 Å². The van der Waals surface area contributed by atoms with Gasteiger partial charge in [-0.2, -0.15) is 5.26 Å². The number of nitrogens with one attached hydrogen (secondary N) is 2. The Morgan fingerprint density at radius 3 is 2.71 bits per heavy atom. The van der Waals surface area contributed by atoms with Crippen molar-refractivity contribution in [3.05, 3.63) is 65.5 Å². The smallest absolute Gasteiger partial charge is 0.228 e. The largest absolute Gasteiger partial charge is 0.354 e. The fourth-order valence-electron chi connectivity index (χ4n) is 2.73. The third-order valence-corrected chi connectivity index (χ3v) is 3.65. The van der Waals surface area contributed by atoms with E-state index >= 15 is 0 Å². The van der Waals surface area contributed by atoms with Crippen LogP contribution in [0.2, 0.25) is 0 Å². The van der Waals surface area contributed by atoms with Gasteiger partial charge in [-0.1, -0.05) is 32.6 Å². The van der Waals surface area contributed by atoms with Gasteiger partial charge in [0, 0.05) is 22.2 Å². The second-order valence-electron chi connectivity index (χ2n) is 5.46. The van der Waals surface area contributed by atoms with Crippen LogP contribution in [-0.4, -0.2) is 10.9 Å². The third kappa shape index (κ3) is 3.16. The standard InChI is InChI=1S/C18H15N3O.C2H6/c1-10(2)6-13-11(3)20-17(22)8-15-14-7-12(9-19)4-5-16(14)21-18(13)15;1-2/h4-7,21H,1,3,8H2,2H3,(H,20,22);1-2H3/b13-6+;. The van der Waals surface area contributed by atoms with Crippen molar-refractivity contribution in [2.24, 2.45) is 0 Å². The molecule has 2 N–H and O–H groups in total. The number of carbonyl (C=O) groups excluding carboxylic acids is 1. The van der Waals surface area contributed by atoms with Gasteiger partial charge in [0.05, 0.1) is 23.7 Å². The number of rotatable bonds is 1. The summed E-state index contributed by atoms with van der Waals surface area (Å²) in [6, 6.07) is 7.57. The van der Waals surface area contributed by atoms with E-state index in [0.717, 1.165) is 33.3 Å². The first-order valence-electron chi connectivity index (χ1n) is 7.91. The molecule has 0 radical (unpaired) electrons. The number of hydrogen-bond donors (Lipinski definition) is 2. The molecule has 1 aliphatic rings. The number of aromatic nitrogens is 1. The van der Waals surface area contributed by atoms with Gasteiger partial charge in [-0.3, -0.25) is 4.79 Å². The van der Waals surface area contributed by atoms with Crippen molar-refractivity contribution in [1.29, 1.82) is 5.26 Å². The lowest BCUT2D eigenvalue weighted by molar-refractivity contribution is -0.119. The minimum absolute atomic E-state index is 0.111. The monoisotopic (exact) mass is 319 g/mol. The summed E-state index contributed by atoms with van der Waals surface area (Å²) in [5.41, 5.74) is 5.46. The van der Waals surface area contributed by atoms with Gasteiger partial charge in [-0.25, -0.2) is 0 Å². The van der Waals surface area contributed by atoms with E-state index in [2.05, 4.69) is 29.5 Å². The first-order chi connectivity index (χ1) is 11.5. The number of H-pyrrole nitrogens is 1. The Morgan fingerprint density at radius 2 is 2.08 bits per heavy atom. The zero-order valence-corrected chi connectivity index (χ0v) is 14.3. The Balaban J connectivity index is 0.00000100. The molecular formula is C20H21N3O. The summed E-state index contributed by atoms with van der Waals surface area (Å²) in [4.78, 5) is 15.4. The van der Waals surface area contributed by atoms with Crippen molar-refractivity contribution in [2.75, 3.05) is 0 Å². The lowest BCUT2D eigenvalue weighted by Crippen LogP contribution is -2.21. The fourth-order valence-corrected chi connectivity index (χ4v) is 2.73. The molecule has 0 atom stereocenters. The molecule has 2 heterocycles. The van der Waals surface area contributed by atoms with Gasteiger partial charge in [-0.15, -0.1) is 0 Å². The zero-order chi connectivity index (χ0) is 17.9. The molecule has 0 saturated carbocycles. The van der Waals surface area contributed by atoms with Gasteiger partial charge >= 0.3 is 0 Å². The maximum atomic E-state index is 12.1. The van der Waals surface area contributed by atoms with Gasteiger partial charge in [0.1, 0.15) is 0 Å². The van der Waals surface area contributed by atoms with Crippen LogP contribution >= 0.6 is 0 Å². The normalized spacial score (nSPS) is 15.0. The van der Waals surface area contributed by atoms with Crippen LogP contribution in [0.3, 0.4) is 0 Å². The predicted molar refractivity (Wildman–Crippen MR) is 98.1 cm³/mol. The van der Waals surface area contributed by atoms with E-state index in [-0.39, 0.29) is 12.3 Å². The van der Waals surface area contributed by atoms with E-state index in [1.165, 1.54) is 0 Å². The van der Waals surface area contributed by atoms with E-state index in [0.29, 0.717) is 11.3 Å². The summed E-state index contributed by atoms with van der Waals surface area (Å²) in [5.74, 6) is -0.111. The summed E-state index contributed by atoms with van der Waals surface area (Å²) in [7, 11) is 0. The number of amides is 1. The van der Waals surface area contributed by atoms with E-state index in [9.17, 15) is 4.79 Å². The highest BCUT2D eigenvalue weighted by molar-refractivity contribution is 6.00. The lowest BCUT2D eigenvalue weighted by Gasteiger charge is -2.08. The quantitative estimate of drug-likeness (QED) is 0.826. The zero-order valence-electron chi connectivity index (χ0n) is 14.3. The van der Waals surface area contributed by atoms with Crippen molar-refractivity contribution in [1.82, 2.24) is 10.3 Å². The number of benzene rings is 1. The van der Waals surface area contributed by atoms with Gasteiger partial charge in [0.15, 0.2) is 0 Å². The summed E-state index contributed by atoms with van der Waals surface area (Å²) < 4.78 is 0. The first kappa shape index (κ1) is 17.3. The topological polar surface area (TPSA) is 68.7 Å². The van der Waals surface area contributed by atoms with E-state index < -0.39 is 0 Å². The molecule has 1 aromatic heterocycles. The van der Waals surface area contributed by atoms with Crippen LogP contribution in [-0.2, 0) is 11.2 Å². The van der Waals surface area contributed by atoms with Crippen LogP contribution < -0.4 is 5.32 Å². The molecule has 1 aliphatic heterocycles. The molecule has 0 unspecified atom stereocenters. The number of nitrogens with zero attached hydrogens (tertiary/aromatic N) is 1. The Hall–Kier alpha value is -3.06. The van der Waals surface area contributed by atoms with E-state index in [1.54, 1.807) is 6.07 Å². The van der Waals surface area contributed by atoms with Crippen LogP contribution in [0, 0.1) is 11.3 Å². The van der Waals surface area contributed by atoms with Crippen LogP contribution in [0.1, 0.15) is 37.6 Å². The molecule has 1 aromatic carbocycles. The summed E-state index contributed by atoms with van der Waals surface area (Å²) in [5, 5.41) is 12.8. The highest BCUT2D eigenvalue weighted by Gasteiger charge is 2.24. The van der Waals surface area contributed by atoms with Crippen LogP contribution in [0.15, 0.2) is 48.7 Å². The van der Waals surface area contributed by atoms with E-state index in [1.807, 2.05) is 39.0 Å². The molecular weight excluding hydrogens is 298 g/mol. The summed E-state index contributed by atoms with van der Waals surface area (Å²) in [6.45, 7) is 13.7. The lowest BCUT2D eigenvalue weighted by atomic mass is 10.0. The minimum atomic E-state index is -0.111. The molecule has 0 spiro atoms. The Bertz CT molecular complexity index is 907. The minimum Gasteiger partial charge on any atom is -0.354 e. The van der Waals surface area contributed by atoms with Crippen molar-refractivity contribution in [3.8, 4) is 6.07 Å². The second kappa shape index (κ2) is 7.01. The first-order valence-corrected chi connectivity index (χ1v) is 7.91. The Morgan fingerprint density at radius 1 is 1.38 bits per heavy atom. The molecule has 1 amide bonds. The average Bonchev–Trinajstić information content (AvgIpc) is 2.86. The molecule has 24 heavy (non-hydrogen) atoms. The van der Waals surface area contributed by atoms with E-state index in [4.69, 9.17) is 5.26 Å². The number of nitriles is 1. The highest BCUT2D eigenvalue weighted by Crippen LogP contribution is 2.33. The van der Waals surface area contributed by atoms with Gasteiger partial charge < -0.3 is 10.3 Å². The summed E-state index contributed by atoms with van der Waals surface area (Å²) >= 11 is 0. The van der Waals surface area contributed by atoms with Crippen molar-refractivity contribution >= 4 is 22.4 Å². The third-order valence-electron chi connectivity index (χ3n) is 3.65. The van der Waals surface area contributed by atoms with Crippen LogP contribution in [0.4, 0.5) is 0 Å². The van der Waals surface area contributed by atoms with Crippen molar-refractivity contribution in [3.63, 3.8) is 0 Å². The van der Waals surface area contributed by atoms with Gasteiger partial charge in [0.2, 0.25) is 5.91 Å². The van der Waals surface area contributed by atoms with Gasteiger partial charge in [0.25, 0.3) is 0 Å². The molecule has 3 rings (SSSR count). The van der Waals surface area contributed by atoms with Crippen LogP contribution in [0.5, 0.6) is 0 Å². The SMILES string of the molecule is C=C(C)/C=C1\C(=C)NC(=O)Cc2c1[nH]c1ccc(C#N)cc21.CC. The molecule has 0 aliphatic carbocycles. The molecule has 0 bridgehead atoms. The van der Waals surface area contributed by atoms with Crippen molar-refractivity contribution in [2.45, 2.75) is 27.2 Å². The molecule has 122 valence electrons. The maximum absolute atomic E-state index is 12.1. The fraction of sp³-hybridized carbons (Fsp3) is 0.200. The number of fused-ring (bicyclic) bond motifs is 3. The van der Waals surface area contributed by atoms with Crippen LogP contribution in [0.25, 0.3) is 16.5 Å². The summed E-state index contributed by atoms with van der Waals surface area (Å²) in [6.07, 6.45) is 2.14. The Labute approximate surface area is 142 Å². The maximum Gasteiger partial charge on any atom is 0.228 e. The predicted octanol–water partition coefficient (Wildman–Crippen LogP) is 4.21. The highest BCUT2D eigenvalue weighted by atomic mass is 16.1. The molecule has 2 aromatic rings. The average molecular weight is 319 g/mol. The molecule has 0 saturated heterocycles. The number of allylic oxidation sites excluding steroid dienone is 3.